The fraction of sp³-hybridized carbons (Fsp3) is 1.00. The number of hydrogen-bond acceptors (Lipinski definition) is 3. The number of ether oxygens (including phenoxy) is 1. The third-order valence-corrected chi connectivity index (χ3v) is 4.82. The summed E-state index contributed by atoms with van der Waals surface area (Å²) < 4.78 is 5.61. The first-order valence-corrected chi connectivity index (χ1v) is 7.84. The SMILES string of the molecule is CCC1COCCN1CC1CCCCCC1NC. The Hall–Kier alpha value is -0.120. The van der Waals surface area contributed by atoms with Gasteiger partial charge in [-0.25, -0.2) is 0 Å². The molecule has 1 aliphatic carbocycles. The van der Waals surface area contributed by atoms with Gasteiger partial charge >= 0.3 is 0 Å². The van der Waals surface area contributed by atoms with Gasteiger partial charge in [0.05, 0.1) is 13.2 Å². The van der Waals surface area contributed by atoms with E-state index in [2.05, 4.69) is 24.2 Å². The van der Waals surface area contributed by atoms with Crippen molar-refractivity contribution in [3.05, 3.63) is 0 Å². The summed E-state index contributed by atoms with van der Waals surface area (Å²) in [6.45, 7) is 6.55. The standard InChI is InChI=1S/C15H30N2O/c1-3-14-12-18-10-9-17(14)11-13-7-5-4-6-8-15(13)16-2/h13-16H,3-12H2,1-2H3. The number of hydrogen-bond donors (Lipinski definition) is 1. The van der Waals surface area contributed by atoms with Crippen LogP contribution in [0.4, 0.5) is 0 Å². The van der Waals surface area contributed by atoms with Crippen LogP contribution in [0.3, 0.4) is 0 Å². The van der Waals surface area contributed by atoms with E-state index in [0.29, 0.717) is 6.04 Å². The van der Waals surface area contributed by atoms with E-state index in [9.17, 15) is 0 Å². The van der Waals surface area contributed by atoms with Crippen LogP contribution >= 0.6 is 0 Å². The first-order chi connectivity index (χ1) is 8.85. The lowest BCUT2D eigenvalue weighted by Crippen LogP contribution is -2.49. The van der Waals surface area contributed by atoms with Gasteiger partial charge in [-0.15, -0.1) is 0 Å². The van der Waals surface area contributed by atoms with Crippen molar-refractivity contribution in [2.75, 3.05) is 33.4 Å². The van der Waals surface area contributed by atoms with Crippen LogP contribution < -0.4 is 5.32 Å². The van der Waals surface area contributed by atoms with Crippen molar-refractivity contribution < 1.29 is 4.74 Å². The lowest BCUT2D eigenvalue weighted by atomic mass is 9.93. The molecule has 1 aliphatic heterocycles. The maximum atomic E-state index is 5.61. The monoisotopic (exact) mass is 254 g/mol. The first-order valence-electron chi connectivity index (χ1n) is 7.84. The third kappa shape index (κ3) is 3.69. The van der Waals surface area contributed by atoms with E-state index in [1.807, 2.05) is 0 Å². The topological polar surface area (TPSA) is 24.5 Å². The molecule has 1 saturated carbocycles. The van der Waals surface area contributed by atoms with Gasteiger partial charge in [-0.05, 0) is 32.2 Å². The molecule has 3 nitrogen and oxygen atoms in total. The van der Waals surface area contributed by atoms with Crippen LogP contribution in [-0.4, -0.2) is 50.3 Å². The van der Waals surface area contributed by atoms with Gasteiger partial charge < -0.3 is 10.1 Å². The number of rotatable bonds is 4. The predicted octanol–water partition coefficient (Wildman–Crippen LogP) is 2.27. The fourth-order valence-corrected chi connectivity index (χ4v) is 3.59. The molecule has 2 fully saturated rings. The molecule has 3 unspecified atom stereocenters. The number of nitrogens with zero attached hydrogens (tertiary/aromatic N) is 1. The molecule has 0 amide bonds. The van der Waals surface area contributed by atoms with E-state index < -0.39 is 0 Å². The van der Waals surface area contributed by atoms with Crippen LogP contribution in [0.15, 0.2) is 0 Å². The molecular formula is C15H30N2O. The molecule has 106 valence electrons. The van der Waals surface area contributed by atoms with Gasteiger partial charge in [0.1, 0.15) is 0 Å². The molecule has 0 spiro atoms. The van der Waals surface area contributed by atoms with Gasteiger partial charge in [0, 0.05) is 25.2 Å². The van der Waals surface area contributed by atoms with Crippen molar-refractivity contribution in [2.24, 2.45) is 5.92 Å². The summed E-state index contributed by atoms with van der Waals surface area (Å²) in [5.41, 5.74) is 0. The summed E-state index contributed by atoms with van der Waals surface area (Å²) in [5, 5.41) is 3.56. The van der Waals surface area contributed by atoms with E-state index in [0.717, 1.165) is 31.7 Å². The predicted molar refractivity (Wildman–Crippen MR) is 75.9 cm³/mol. The molecule has 0 radical (unpaired) electrons. The highest BCUT2D eigenvalue weighted by Crippen LogP contribution is 2.25. The second-order valence-corrected chi connectivity index (χ2v) is 5.93. The summed E-state index contributed by atoms with van der Waals surface area (Å²) in [7, 11) is 2.14. The van der Waals surface area contributed by atoms with E-state index in [1.165, 1.54) is 45.1 Å². The third-order valence-electron chi connectivity index (χ3n) is 4.82. The van der Waals surface area contributed by atoms with Crippen molar-refractivity contribution in [2.45, 2.75) is 57.5 Å². The van der Waals surface area contributed by atoms with Crippen molar-refractivity contribution in [1.82, 2.24) is 10.2 Å². The zero-order valence-electron chi connectivity index (χ0n) is 12.2. The largest absolute Gasteiger partial charge is 0.378 e. The van der Waals surface area contributed by atoms with Crippen LogP contribution in [0.25, 0.3) is 0 Å². The minimum absolute atomic E-state index is 0.652. The van der Waals surface area contributed by atoms with Crippen molar-refractivity contribution in [1.29, 1.82) is 0 Å². The van der Waals surface area contributed by atoms with Crippen LogP contribution in [0.5, 0.6) is 0 Å². The van der Waals surface area contributed by atoms with Gasteiger partial charge in [-0.2, -0.15) is 0 Å². The Morgan fingerprint density at radius 3 is 2.83 bits per heavy atom. The summed E-state index contributed by atoms with van der Waals surface area (Å²) in [6, 6.07) is 1.38. The number of morpholine rings is 1. The zero-order chi connectivity index (χ0) is 12.8. The Kier molecular flexibility index (Phi) is 5.93. The van der Waals surface area contributed by atoms with Crippen molar-refractivity contribution in [3.63, 3.8) is 0 Å². The highest BCUT2D eigenvalue weighted by molar-refractivity contribution is 4.84. The van der Waals surface area contributed by atoms with Gasteiger partial charge in [0.2, 0.25) is 0 Å². The molecule has 2 rings (SSSR count). The second-order valence-electron chi connectivity index (χ2n) is 5.93. The Morgan fingerprint density at radius 1 is 1.22 bits per heavy atom. The van der Waals surface area contributed by atoms with Crippen LogP contribution in [0.2, 0.25) is 0 Å². The van der Waals surface area contributed by atoms with Gasteiger partial charge in [0.25, 0.3) is 0 Å². The molecule has 3 heteroatoms. The Balaban J connectivity index is 1.91. The maximum Gasteiger partial charge on any atom is 0.0622 e. The Morgan fingerprint density at radius 2 is 2.06 bits per heavy atom. The number of nitrogens with one attached hydrogen (secondary N) is 1. The minimum atomic E-state index is 0.652. The van der Waals surface area contributed by atoms with E-state index in [-0.39, 0.29) is 0 Å². The lowest BCUT2D eigenvalue weighted by Gasteiger charge is -2.39. The summed E-state index contributed by atoms with van der Waals surface area (Å²) in [4.78, 5) is 2.68. The summed E-state index contributed by atoms with van der Waals surface area (Å²) >= 11 is 0. The van der Waals surface area contributed by atoms with Gasteiger partial charge in [0.15, 0.2) is 0 Å². The second kappa shape index (κ2) is 7.46. The summed E-state index contributed by atoms with van der Waals surface area (Å²) in [5.74, 6) is 0.838. The van der Waals surface area contributed by atoms with E-state index in [4.69, 9.17) is 4.74 Å². The Bertz CT molecular complexity index is 235. The van der Waals surface area contributed by atoms with E-state index >= 15 is 0 Å². The smallest absolute Gasteiger partial charge is 0.0622 e. The fourth-order valence-electron chi connectivity index (χ4n) is 3.59. The van der Waals surface area contributed by atoms with Gasteiger partial charge in [-0.3, -0.25) is 4.90 Å². The molecule has 1 saturated heterocycles. The average molecular weight is 254 g/mol. The van der Waals surface area contributed by atoms with Crippen molar-refractivity contribution in [3.8, 4) is 0 Å². The molecule has 0 aromatic rings. The zero-order valence-corrected chi connectivity index (χ0v) is 12.2. The van der Waals surface area contributed by atoms with Crippen LogP contribution in [0.1, 0.15) is 45.4 Å². The minimum Gasteiger partial charge on any atom is -0.378 e. The normalized spacial score (nSPS) is 35.3. The van der Waals surface area contributed by atoms with E-state index in [1.54, 1.807) is 0 Å². The van der Waals surface area contributed by atoms with Crippen LogP contribution in [-0.2, 0) is 4.74 Å². The molecule has 3 atom stereocenters. The van der Waals surface area contributed by atoms with Crippen molar-refractivity contribution >= 4 is 0 Å². The molecule has 0 aromatic heterocycles. The molecule has 1 N–H and O–H groups in total. The Labute approximate surface area is 112 Å². The lowest BCUT2D eigenvalue weighted by molar-refractivity contribution is -0.0181. The molecule has 0 bridgehead atoms. The molecule has 0 aromatic carbocycles. The van der Waals surface area contributed by atoms with Crippen LogP contribution in [0, 0.1) is 5.92 Å². The summed E-state index contributed by atoms with van der Waals surface area (Å²) in [6.07, 6.45) is 8.24. The van der Waals surface area contributed by atoms with Gasteiger partial charge in [-0.1, -0.05) is 26.2 Å². The average Bonchev–Trinajstić information content (AvgIpc) is 2.64. The quantitative estimate of drug-likeness (QED) is 0.779. The molecular weight excluding hydrogens is 224 g/mol. The highest BCUT2D eigenvalue weighted by Gasteiger charge is 2.28. The first kappa shape index (κ1) is 14.3. The highest BCUT2D eigenvalue weighted by atomic mass is 16.5. The molecule has 18 heavy (non-hydrogen) atoms. The molecule has 1 heterocycles. The molecule has 2 aliphatic rings. The maximum absolute atomic E-state index is 5.61.